The summed E-state index contributed by atoms with van der Waals surface area (Å²) in [6, 6.07) is 15.3. The molecule has 6 nitrogen and oxygen atoms in total. The van der Waals surface area contributed by atoms with Gasteiger partial charge >= 0.3 is 0 Å². The number of amides is 1. The third kappa shape index (κ3) is 2.75. The van der Waals surface area contributed by atoms with Crippen LogP contribution in [0.1, 0.15) is 11.7 Å². The smallest absolute Gasteiger partial charge is 0.275 e. The first-order valence-electron chi connectivity index (χ1n) is 6.41. The van der Waals surface area contributed by atoms with Gasteiger partial charge in [-0.2, -0.15) is 0 Å². The molecule has 3 rings (SSSR count). The van der Waals surface area contributed by atoms with Crippen molar-refractivity contribution >= 4 is 17.3 Å². The number of nitrogens with zero attached hydrogens (tertiary/aromatic N) is 1. The van der Waals surface area contributed by atoms with E-state index in [9.17, 15) is 14.9 Å². The number of nitrogens with one attached hydrogen (secondary N) is 1. The van der Waals surface area contributed by atoms with Crippen LogP contribution in [0.2, 0.25) is 0 Å². The highest BCUT2D eigenvalue weighted by atomic mass is 16.6. The molecule has 106 valence electrons. The van der Waals surface area contributed by atoms with E-state index in [-0.39, 0.29) is 11.6 Å². The van der Waals surface area contributed by atoms with Crippen LogP contribution in [0.25, 0.3) is 0 Å². The third-order valence-corrected chi connectivity index (χ3v) is 3.23. The molecule has 1 N–H and O–H groups in total. The maximum absolute atomic E-state index is 12.0. The number of ether oxygens (including phenoxy) is 1. The van der Waals surface area contributed by atoms with E-state index >= 15 is 0 Å². The van der Waals surface area contributed by atoms with Crippen LogP contribution < -0.4 is 5.32 Å². The molecule has 1 fully saturated rings. The molecule has 1 aliphatic heterocycles. The summed E-state index contributed by atoms with van der Waals surface area (Å²) in [4.78, 5) is 22.5. The van der Waals surface area contributed by atoms with Gasteiger partial charge < -0.3 is 10.1 Å². The van der Waals surface area contributed by atoms with E-state index in [2.05, 4.69) is 5.32 Å². The molecule has 0 aliphatic carbocycles. The molecule has 0 aromatic heterocycles. The van der Waals surface area contributed by atoms with Crippen LogP contribution in [-0.2, 0) is 9.53 Å². The molecule has 1 saturated heterocycles. The van der Waals surface area contributed by atoms with Crippen molar-refractivity contribution in [2.75, 3.05) is 5.32 Å². The number of carbonyl (C=O) groups is 1. The van der Waals surface area contributed by atoms with E-state index in [4.69, 9.17) is 4.74 Å². The largest absolute Gasteiger partial charge is 0.354 e. The van der Waals surface area contributed by atoms with Crippen LogP contribution in [0, 0.1) is 10.1 Å². The predicted molar refractivity (Wildman–Crippen MR) is 75.8 cm³/mol. The van der Waals surface area contributed by atoms with Gasteiger partial charge in [0.15, 0.2) is 6.10 Å². The van der Waals surface area contributed by atoms with Crippen LogP contribution in [0.3, 0.4) is 0 Å². The van der Waals surface area contributed by atoms with Gasteiger partial charge in [0, 0.05) is 11.8 Å². The molecule has 21 heavy (non-hydrogen) atoms. The Labute approximate surface area is 120 Å². The van der Waals surface area contributed by atoms with Crippen LogP contribution in [0.5, 0.6) is 0 Å². The van der Waals surface area contributed by atoms with E-state index in [0.29, 0.717) is 11.3 Å². The molecule has 2 aromatic rings. The van der Waals surface area contributed by atoms with Gasteiger partial charge in [-0.1, -0.05) is 30.3 Å². The number of benzene rings is 2. The monoisotopic (exact) mass is 284 g/mol. The molecule has 6 heteroatoms. The van der Waals surface area contributed by atoms with Crippen molar-refractivity contribution in [1.82, 2.24) is 0 Å². The zero-order valence-electron chi connectivity index (χ0n) is 10.9. The molecular weight excluding hydrogens is 272 g/mol. The summed E-state index contributed by atoms with van der Waals surface area (Å²) in [7, 11) is 0. The van der Waals surface area contributed by atoms with Crippen LogP contribution in [-0.4, -0.2) is 16.9 Å². The SMILES string of the molecule is O=C(Nc1ccccc1)[C@H]1O[C@H]1c1ccccc1[N+](=O)[O-]. The zero-order chi connectivity index (χ0) is 14.8. The minimum atomic E-state index is -0.689. The summed E-state index contributed by atoms with van der Waals surface area (Å²) in [5.41, 5.74) is 1.06. The number of para-hydroxylation sites is 2. The van der Waals surface area contributed by atoms with E-state index in [1.54, 1.807) is 30.3 Å². The van der Waals surface area contributed by atoms with Gasteiger partial charge in [-0.3, -0.25) is 14.9 Å². The Morgan fingerprint density at radius 1 is 1.10 bits per heavy atom. The normalized spacial score (nSPS) is 19.8. The van der Waals surface area contributed by atoms with E-state index in [1.165, 1.54) is 6.07 Å². The second-order valence-corrected chi connectivity index (χ2v) is 4.65. The highest BCUT2D eigenvalue weighted by Crippen LogP contribution is 2.43. The van der Waals surface area contributed by atoms with Crippen molar-refractivity contribution in [2.24, 2.45) is 0 Å². The summed E-state index contributed by atoms with van der Waals surface area (Å²) in [5, 5.41) is 13.7. The molecule has 0 spiro atoms. The minimum Gasteiger partial charge on any atom is -0.354 e. The lowest BCUT2D eigenvalue weighted by molar-refractivity contribution is -0.385. The van der Waals surface area contributed by atoms with Crippen LogP contribution in [0.4, 0.5) is 11.4 Å². The fraction of sp³-hybridized carbons (Fsp3) is 0.133. The lowest BCUT2D eigenvalue weighted by Crippen LogP contribution is -2.18. The van der Waals surface area contributed by atoms with E-state index in [1.807, 2.05) is 18.2 Å². The highest BCUT2D eigenvalue weighted by molar-refractivity contribution is 5.96. The van der Waals surface area contributed by atoms with Gasteiger partial charge in [0.2, 0.25) is 0 Å². The molecule has 0 bridgehead atoms. The molecular formula is C15H12N2O4. The first-order chi connectivity index (χ1) is 10.2. The van der Waals surface area contributed by atoms with Crippen LogP contribution >= 0.6 is 0 Å². The molecule has 0 radical (unpaired) electrons. The number of hydrogen-bond donors (Lipinski definition) is 1. The maximum atomic E-state index is 12.0. The number of anilines is 1. The summed E-state index contributed by atoms with van der Waals surface area (Å²) in [6.07, 6.45) is -1.25. The average molecular weight is 284 g/mol. The Kier molecular flexibility index (Phi) is 3.37. The lowest BCUT2D eigenvalue weighted by Gasteiger charge is -2.02. The number of rotatable bonds is 4. The van der Waals surface area contributed by atoms with E-state index in [0.717, 1.165) is 0 Å². The Balaban J connectivity index is 1.72. The molecule has 1 amide bonds. The second-order valence-electron chi connectivity index (χ2n) is 4.65. The van der Waals surface area contributed by atoms with Gasteiger partial charge in [0.1, 0.15) is 6.10 Å². The molecule has 2 atom stereocenters. The van der Waals surface area contributed by atoms with E-state index < -0.39 is 17.1 Å². The fourth-order valence-corrected chi connectivity index (χ4v) is 2.18. The lowest BCUT2D eigenvalue weighted by atomic mass is 10.1. The molecule has 1 heterocycles. The molecule has 1 aliphatic rings. The van der Waals surface area contributed by atoms with Crippen molar-refractivity contribution < 1.29 is 14.5 Å². The number of nitro benzene ring substituents is 1. The molecule has 0 saturated carbocycles. The fourth-order valence-electron chi connectivity index (χ4n) is 2.18. The van der Waals surface area contributed by atoms with Gasteiger partial charge in [-0.05, 0) is 18.2 Å². The van der Waals surface area contributed by atoms with Gasteiger partial charge in [-0.25, -0.2) is 0 Å². The number of hydrogen-bond acceptors (Lipinski definition) is 4. The van der Waals surface area contributed by atoms with Gasteiger partial charge in [0.05, 0.1) is 10.5 Å². The number of nitro groups is 1. The highest BCUT2D eigenvalue weighted by Gasteiger charge is 2.48. The Bertz CT molecular complexity index is 687. The van der Waals surface area contributed by atoms with Gasteiger partial charge in [-0.15, -0.1) is 0 Å². The predicted octanol–water partition coefficient (Wildman–Crippen LogP) is 2.67. The summed E-state index contributed by atoms with van der Waals surface area (Å²) in [5.74, 6) is -0.302. The Morgan fingerprint density at radius 3 is 2.48 bits per heavy atom. The average Bonchev–Trinajstić information content (AvgIpc) is 3.28. The van der Waals surface area contributed by atoms with Crippen molar-refractivity contribution in [3.8, 4) is 0 Å². The van der Waals surface area contributed by atoms with Crippen molar-refractivity contribution in [3.05, 3.63) is 70.3 Å². The number of carbonyl (C=O) groups excluding carboxylic acids is 1. The summed E-state index contributed by atoms with van der Waals surface area (Å²) >= 11 is 0. The first-order valence-corrected chi connectivity index (χ1v) is 6.41. The molecule has 2 aromatic carbocycles. The minimum absolute atomic E-state index is 0.0301. The van der Waals surface area contributed by atoms with Crippen molar-refractivity contribution in [2.45, 2.75) is 12.2 Å². The topological polar surface area (TPSA) is 84.8 Å². The van der Waals surface area contributed by atoms with Crippen molar-refractivity contribution in [1.29, 1.82) is 0 Å². The van der Waals surface area contributed by atoms with Crippen LogP contribution in [0.15, 0.2) is 54.6 Å². The summed E-state index contributed by atoms with van der Waals surface area (Å²) < 4.78 is 5.31. The third-order valence-electron chi connectivity index (χ3n) is 3.23. The van der Waals surface area contributed by atoms with Crippen molar-refractivity contribution in [3.63, 3.8) is 0 Å². The summed E-state index contributed by atoms with van der Waals surface area (Å²) in [6.45, 7) is 0. The quantitative estimate of drug-likeness (QED) is 0.531. The molecule has 0 unspecified atom stereocenters. The standard InChI is InChI=1S/C15H12N2O4/c18-15(16-10-6-2-1-3-7-10)14-13(21-14)11-8-4-5-9-12(11)17(19)20/h1-9,13-14H,(H,16,18)/t13-,14-/m0/s1. The first kappa shape index (κ1) is 13.3. The maximum Gasteiger partial charge on any atom is 0.275 e. The Morgan fingerprint density at radius 2 is 1.76 bits per heavy atom. The zero-order valence-corrected chi connectivity index (χ0v) is 10.9. The second kappa shape index (κ2) is 5.34. The number of epoxide rings is 1. The Hall–Kier alpha value is -2.73. The van der Waals surface area contributed by atoms with Gasteiger partial charge in [0.25, 0.3) is 11.6 Å².